The summed E-state index contributed by atoms with van der Waals surface area (Å²) in [4.78, 5) is 0. The molecule has 0 unspecified atom stereocenters. The van der Waals surface area contributed by atoms with Crippen molar-refractivity contribution in [2.75, 3.05) is 13.7 Å². The van der Waals surface area contributed by atoms with Crippen molar-refractivity contribution >= 4 is 11.6 Å². The highest BCUT2D eigenvalue weighted by atomic mass is 35.5. The maximum atomic E-state index is 6.24. The van der Waals surface area contributed by atoms with Gasteiger partial charge in [0.05, 0.1) is 23.0 Å². The van der Waals surface area contributed by atoms with Gasteiger partial charge in [0.25, 0.3) is 0 Å². The minimum absolute atomic E-state index is 0.0746. The molecule has 0 amide bonds. The summed E-state index contributed by atoms with van der Waals surface area (Å²) in [6.45, 7) is 10.4. The van der Waals surface area contributed by atoms with Gasteiger partial charge in [-0.2, -0.15) is 5.10 Å². The van der Waals surface area contributed by atoms with E-state index in [0.717, 1.165) is 23.0 Å². The number of nitrogens with zero attached hydrogens (tertiary/aromatic N) is 2. The van der Waals surface area contributed by atoms with Crippen LogP contribution < -0.4 is 5.32 Å². The summed E-state index contributed by atoms with van der Waals surface area (Å²) in [7, 11) is 1.71. The van der Waals surface area contributed by atoms with Gasteiger partial charge in [-0.3, -0.25) is 4.68 Å². The standard InChI is InChI=1S/C12H22ClN3O/c1-6-16-10(11(13)9(2)15-16)7-14-12(3,4)8-17-5/h14H,6-8H2,1-5H3. The van der Waals surface area contributed by atoms with Crippen molar-refractivity contribution in [1.29, 1.82) is 0 Å². The van der Waals surface area contributed by atoms with Crippen LogP contribution >= 0.6 is 11.6 Å². The van der Waals surface area contributed by atoms with Crippen LogP contribution in [0.25, 0.3) is 0 Å². The summed E-state index contributed by atoms with van der Waals surface area (Å²) < 4.78 is 7.11. The molecular formula is C12H22ClN3O. The van der Waals surface area contributed by atoms with Gasteiger partial charge < -0.3 is 10.1 Å². The van der Waals surface area contributed by atoms with E-state index >= 15 is 0 Å². The van der Waals surface area contributed by atoms with Crippen molar-refractivity contribution in [2.24, 2.45) is 0 Å². The summed E-state index contributed by atoms with van der Waals surface area (Å²) in [5.74, 6) is 0. The number of nitrogens with one attached hydrogen (secondary N) is 1. The van der Waals surface area contributed by atoms with Gasteiger partial charge in [0.1, 0.15) is 0 Å². The Morgan fingerprint density at radius 3 is 2.65 bits per heavy atom. The lowest BCUT2D eigenvalue weighted by Gasteiger charge is -2.25. The maximum absolute atomic E-state index is 6.24. The largest absolute Gasteiger partial charge is 0.383 e. The minimum atomic E-state index is -0.0746. The highest BCUT2D eigenvalue weighted by molar-refractivity contribution is 6.31. The molecule has 0 saturated heterocycles. The van der Waals surface area contributed by atoms with Gasteiger partial charge in [0.15, 0.2) is 0 Å². The van der Waals surface area contributed by atoms with Crippen LogP contribution in [0.1, 0.15) is 32.2 Å². The van der Waals surface area contributed by atoms with E-state index in [0.29, 0.717) is 13.2 Å². The fourth-order valence-corrected chi connectivity index (χ4v) is 1.97. The molecule has 0 fully saturated rings. The van der Waals surface area contributed by atoms with Gasteiger partial charge in [0.2, 0.25) is 0 Å². The first kappa shape index (κ1) is 14.5. The third kappa shape index (κ3) is 3.69. The Kier molecular flexibility index (Phi) is 4.98. The summed E-state index contributed by atoms with van der Waals surface area (Å²) in [6, 6.07) is 0. The molecule has 0 aliphatic rings. The Labute approximate surface area is 108 Å². The van der Waals surface area contributed by atoms with Gasteiger partial charge in [-0.15, -0.1) is 0 Å². The van der Waals surface area contributed by atoms with E-state index in [9.17, 15) is 0 Å². The molecule has 0 atom stereocenters. The third-order valence-electron chi connectivity index (χ3n) is 2.69. The number of halogens is 1. The molecule has 0 aliphatic carbocycles. The number of aryl methyl sites for hydroxylation is 2. The van der Waals surface area contributed by atoms with E-state index in [1.165, 1.54) is 0 Å². The van der Waals surface area contributed by atoms with E-state index in [1.54, 1.807) is 7.11 Å². The molecule has 1 aromatic rings. The molecule has 1 heterocycles. The molecule has 1 aromatic heterocycles. The van der Waals surface area contributed by atoms with Gasteiger partial charge in [0, 0.05) is 25.7 Å². The predicted molar refractivity (Wildman–Crippen MR) is 70.4 cm³/mol. The SMILES string of the molecule is CCn1nc(C)c(Cl)c1CNC(C)(C)COC. The van der Waals surface area contributed by atoms with Crippen LogP contribution in [0.4, 0.5) is 0 Å². The maximum Gasteiger partial charge on any atom is 0.0860 e. The van der Waals surface area contributed by atoms with Crippen molar-refractivity contribution in [3.05, 3.63) is 16.4 Å². The second kappa shape index (κ2) is 5.85. The van der Waals surface area contributed by atoms with Gasteiger partial charge in [-0.05, 0) is 27.7 Å². The molecule has 1 rings (SSSR count). The number of hydrogen-bond acceptors (Lipinski definition) is 3. The molecule has 1 N–H and O–H groups in total. The first-order valence-corrected chi connectivity index (χ1v) is 6.25. The monoisotopic (exact) mass is 259 g/mol. The van der Waals surface area contributed by atoms with Crippen molar-refractivity contribution in [1.82, 2.24) is 15.1 Å². The van der Waals surface area contributed by atoms with E-state index < -0.39 is 0 Å². The fourth-order valence-electron chi connectivity index (χ4n) is 1.77. The number of hydrogen-bond donors (Lipinski definition) is 1. The molecule has 0 aromatic carbocycles. The molecule has 4 nitrogen and oxygen atoms in total. The third-order valence-corrected chi connectivity index (χ3v) is 3.18. The number of ether oxygens (including phenoxy) is 1. The highest BCUT2D eigenvalue weighted by Gasteiger charge is 2.19. The second-order valence-corrected chi connectivity index (χ2v) is 5.21. The van der Waals surface area contributed by atoms with Crippen LogP contribution in [0, 0.1) is 6.92 Å². The minimum Gasteiger partial charge on any atom is -0.383 e. The van der Waals surface area contributed by atoms with E-state index in [2.05, 4.69) is 31.2 Å². The molecule has 0 radical (unpaired) electrons. The van der Waals surface area contributed by atoms with Gasteiger partial charge in [-0.1, -0.05) is 11.6 Å². The van der Waals surface area contributed by atoms with Crippen LogP contribution in [-0.2, 0) is 17.8 Å². The quantitative estimate of drug-likeness (QED) is 0.853. The second-order valence-electron chi connectivity index (χ2n) is 4.83. The van der Waals surface area contributed by atoms with Gasteiger partial charge >= 0.3 is 0 Å². The van der Waals surface area contributed by atoms with Crippen molar-refractivity contribution < 1.29 is 4.74 Å². The smallest absolute Gasteiger partial charge is 0.0860 e. The molecule has 0 saturated carbocycles. The molecule has 5 heteroatoms. The van der Waals surface area contributed by atoms with E-state index in [1.807, 2.05) is 11.6 Å². The van der Waals surface area contributed by atoms with Crippen LogP contribution in [0.5, 0.6) is 0 Å². The Morgan fingerprint density at radius 2 is 2.12 bits per heavy atom. The van der Waals surface area contributed by atoms with Gasteiger partial charge in [-0.25, -0.2) is 0 Å². The average molecular weight is 260 g/mol. The Balaban J connectivity index is 2.75. The fraction of sp³-hybridized carbons (Fsp3) is 0.750. The molecule has 17 heavy (non-hydrogen) atoms. The van der Waals surface area contributed by atoms with Crippen LogP contribution in [0.3, 0.4) is 0 Å². The predicted octanol–water partition coefficient (Wildman–Crippen LogP) is 2.38. The van der Waals surface area contributed by atoms with Crippen molar-refractivity contribution in [3.8, 4) is 0 Å². The van der Waals surface area contributed by atoms with Crippen LogP contribution in [0.15, 0.2) is 0 Å². The summed E-state index contributed by atoms with van der Waals surface area (Å²) in [5.41, 5.74) is 1.85. The molecule has 0 aliphatic heterocycles. The lowest BCUT2D eigenvalue weighted by atomic mass is 10.1. The Hall–Kier alpha value is -0.580. The lowest BCUT2D eigenvalue weighted by molar-refractivity contribution is 0.127. The summed E-state index contributed by atoms with van der Waals surface area (Å²) in [5, 5.41) is 8.58. The zero-order valence-corrected chi connectivity index (χ0v) is 12.1. The number of aromatic nitrogens is 2. The summed E-state index contributed by atoms with van der Waals surface area (Å²) in [6.07, 6.45) is 0. The number of rotatable bonds is 6. The van der Waals surface area contributed by atoms with Crippen molar-refractivity contribution in [3.63, 3.8) is 0 Å². The summed E-state index contributed by atoms with van der Waals surface area (Å²) >= 11 is 6.24. The lowest BCUT2D eigenvalue weighted by Crippen LogP contribution is -2.43. The topological polar surface area (TPSA) is 39.1 Å². The number of methoxy groups -OCH3 is 1. The van der Waals surface area contributed by atoms with E-state index in [-0.39, 0.29) is 5.54 Å². The normalized spacial score (nSPS) is 12.1. The highest BCUT2D eigenvalue weighted by Crippen LogP contribution is 2.20. The van der Waals surface area contributed by atoms with Crippen molar-refractivity contribution in [2.45, 2.75) is 46.3 Å². The Bertz CT molecular complexity index is 374. The van der Waals surface area contributed by atoms with Crippen LogP contribution in [-0.4, -0.2) is 29.0 Å². The van der Waals surface area contributed by atoms with E-state index in [4.69, 9.17) is 16.3 Å². The molecule has 0 spiro atoms. The molecule has 98 valence electrons. The zero-order valence-electron chi connectivity index (χ0n) is 11.3. The average Bonchev–Trinajstić information content (AvgIpc) is 2.52. The first-order chi connectivity index (χ1) is 7.91. The van der Waals surface area contributed by atoms with Crippen LogP contribution in [0.2, 0.25) is 5.02 Å². The molecular weight excluding hydrogens is 238 g/mol. The Morgan fingerprint density at radius 1 is 1.47 bits per heavy atom. The molecule has 0 bridgehead atoms. The first-order valence-electron chi connectivity index (χ1n) is 5.87. The zero-order chi connectivity index (χ0) is 13.1.